The topological polar surface area (TPSA) is 52.3 Å². The van der Waals surface area contributed by atoms with Crippen LogP contribution in [0.25, 0.3) is 0 Å². The van der Waals surface area contributed by atoms with Crippen molar-refractivity contribution in [1.82, 2.24) is 0 Å². The molecule has 1 aliphatic rings. The van der Waals surface area contributed by atoms with Crippen molar-refractivity contribution in [2.24, 2.45) is 17.6 Å². The van der Waals surface area contributed by atoms with E-state index in [0.717, 1.165) is 11.8 Å². The van der Waals surface area contributed by atoms with E-state index in [4.69, 9.17) is 5.73 Å². The smallest absolute Gasteiger partial charge is 0.405 e. The predicted octanol–water partition coefficient (Wildman–Crippen LogP) is 4.74. The molecule has 110 valence electrons. The summed E-state index contributed by atoms with van der Waals surface area (Å²) in [7, 11) is 0. The lowest BCUT2D eigenvalue weighted by molar-refractivity contribution is 0.0600. The summed E-state index contributed by atoms with van der Waals surface area (Å²) in [4.78, 5) is 10.0. The van der Waals surface area contributed by atoms with Crippen LogP contribution in [-0.2, 0) is 4.74 Å². The SMILES string of the molecule is CC(C)(C)OC(N)=O.CC(C)CC1CCCCC1.[HH]. The van der Waals surface area contributed by atoms with Gasteiger partial charge in [0.05, 0.1) is 0 Å². The van der Waals surface area contributed by atoms with E-state index in [2.05, 4.69) is 18.6 Å². The minimum absolute atomic E-state index is 0. The Labute approximate surface area is 114 Å². The Hall–Kier alpha value is -0.730. The molecule has 2 N–H and O–H groups in total. The Kier molecular flexibility index (Phi) is 8.05. The highest BCUT2D eigenvalue weighted by Crippen LogP contribution is 2.28. The van der Waals surface area contributed by atoms with Gasteiger partial charge < -0.3 is 10.5 Å². The van der Waals surface area contributed by atoms with Gasteiger partial charge >= 0.3 is 6.09 Å². The Balaban J connectivity index is 0. The number of primary amides is 1. The molecule has 1 saturated carbocycles. The molecule has 0 heterocycles. The number of hydrogen-bond donors (Lipinski definition) is 1. The summed E-state index contributed by atoms with van der Waals surface area (Å²) in [5, 5.41) is 0. The van der Waals surface area contributed by atoms with Gasteiger partial charge in [0.25, 0.3) is 0 Å². The highest BCUT2D eigenvalue weighted by atomic mass is 16.6. The average molecular weight is 259 g/mol. The van der Waals surface area contributed by atoms with Gasteiger partial charge in [-0.05, 0) is 39.0 Å². The van der Waals surface area contributed by atoms with E-state index in [-0.39, 0.29) is 1.43 Å². The van der Waals surface area contributed by atoms with E-state index < -0.39 is 11.7 Å². The van der Waals surface area contributed by atoms with E-state index in [1.54, 1.807) is 20.8 Å². The summed E-state index contributed by atoms with van der Waals surface area (Å²) in [5.74, 6) is 2.00. The van der Waals surface area contributed by atoms with Crippen LogP contribution in [0.2, 0.25) is 0 Å². The van der Waals surface area contributed by atoms with Gasteiger partial charge in [0.1, 0.15) is 5.60 Å². The van der Waals surface area contributed by atoms with Crippen molar-refractivity contribution in [3.63, 3.8) is 0 Å². The maximum atomic E-state index is 10.0. The fraction of sp³-hybridized carbons (Fsp3) is 0.933. The summed E-state index contributed by atoms with van der Waals surface area (Å²) in [6.45, 7) is 9.97. The van der Waals surface area contributed by atoms with E-state index in [0.29, 0.717) is 0 Å². The summed E-state index contributed by atoms with van der Waals surface area (Å²) >= 11 is 0. The largest absolute Gasteiger partial charge is 0.444 e. The van der Waals surface area contributed by atoms with Crippen molar-refractivity contribution >= 4 is 6.09 Å². The molecule has 0 radical (unpaired) electrons. The maximum absolute atomic E-state index is 10.0. The van der Waals surface area contributed by atoms with Gasteiger partial charge in [-0.2, -0.15) is 0 Å². The third-order valence-corrected chi connectivity index (χ3v) is 2.94. The van der Waals surface area contributed by atoms with Crippen molar-refractivity contribution in [2.75, 3.05) is 0 Å². The lowest BCUT2D eigenvalue weighted by atomic mass is 9.84. The van der Waals surface area contributed by atoms with Gasteiger partial charge in [0.2, 0.25) is 0 Å². The van der Waals surface area contributed by atoms with Crippen LogP contribution in [0.1, 0.15) is 74.6 Å². The molecule has 0 aliphatic heterocycles. The van der Waals surface area contributed by atoms with Gasteiger partial charge in [-0.1, -0.05) is 46.0 Å². The molecule has 0 aromatic heterocycles. The molecular formula is C15H33NO2. The molecule has 1 aliphatic carbocycles. The minimum Gasteiger partial charge on any atom is -0.444 e. The Bertz CT molecular complexity index is 231. The van der Waals surface area contributed by atoms with Crippen molar-refractivity contribution in [3.05, 3.63) is 0 Å². The Morgan fingerprint density at radius 2 is 1.78 bits per heavy atom. The minimum atomic E-state index is -0.725. The zero-order valence-electron chi connectivity index (χ0n) is 12.8. The number of hydrogen-bond acceptors (Lipinski definition) is 2. The van der Waals surface area contributed by atoms with Crippen LogP contribution in [0.4, 0.5) is 4.79 Å². The van der Waals surface area contributed by atoms with E-state index in [1.807, 2.05) is 0 Å². The van der Waals surface area contributed by atoms with Crippen molar-refractivity contribution in [3.8, 4) is 0 Å². The number of nitrogens with two attached hydrogens (primary N) is 1. The van der Waals surface area contributed by atoms with Crippen molar-refractivity contribution in [1.29, 1.82) is 0 Å². The van der Waals surface area contributed by atoms with Crippen molar-refractivity contribution in [2.45, 2.75) is 78.7 Å². The zero-order valence-corrected chi connectivity index (χ0v) is 12.8. The Morgan fingerprint density at radius 3 is 2.06 bits per heavy atom. The Morgan fingerprint density at radius 1 is 1.28 bits per heavy atom. The normalized spacial score (nSPS) is 17.0. The molecule has 18 heavy (non-hydrogen) atoms. The molecule has 0 aromatic carbocycles. The molecule has 0 aromatic rings. The first-order valence-electron chi connectivity index (χ1n) is 7.19. The maximum Gasteiger partial charge on any atom is 0.405 e. The summed E-state index contributed by atoms with van der Waals surface area (Å²) < 4.78 is 4.58. The van der Waals surface area contributed by atoms with Crippen LogP contribution < -0.4 is 5.73 Å². The summed E-state index contributed by atoms with van der Waals surface area (Å²) in [6.07, 6.45) is 8.26. The van der Waals surface area contributed by atoms with Crippen LogP contribution in [0.5, 0.6) is 0 Å². The second-order valence-electron chi connectivity index (χ2n) is 6.67. The summed E-state index contributed by atoms with van der Waals surface area (Å²) in [5.41, 5.74) is 4.26. The standard InChI is InChI=1S/C10H20.C5H11NO2.H2/c1-9(2)8-10-6-4-3-5-7-10;1-5(2,3)8-4(6)7;/h9-10H,3-8H2,1-2H3;1-3H3,(H2,6,7);1H. The average Bonchev–Trinajstić information content (AvgIpc) is 2.14. The number of ether oxygens (including phenoxy) is 1. The third kappa shape index (κ3) is 11.7. The fourth-order valence-electron chi connectivity index (χ4n) is 2.39. The lowest BCUT2D eigenvalue weighted by Gasteiger charge is -2.22. The fourth-order valence-corrected chi connectivity index (χ4v) is 2.39. The monoisotopic (exact) mass is 259 g/mol. The molecule has 0 saturated heterocycles. The second-order valence-corrected chi connectivity index (χ2v) is 6.67. The molecule has 0 unspecified atom stereocenters. The molecule has 1 amide bonds. The first-order chi connectivity index (χ1) is 8.20. The van der Waals surface area contributed by atoms with Gasteiger partial charge in [0, 0.05) is 1.43 Å². The lowest BCUT2D eigenvalue weighted by Crippen LogP contribution is -2.27. The summed E-state index contributed by atoms with van der Waals surface area (Å²) in [6, 6.07) is 0. The zero-order chi connectivity index (χ0) is 14.2. The molecule has 1 fully saturated rings. The van der Waals surface area contributed by atoms with Crippen LogP contribution in [0, 0.1) is 11.8 Å². The van der Waals surface area contributed by atoms with Crippen molar-refractivity contribution < 1.29 is 11.0 Å². The number of carbonyl (C=O) groups excluding carboxylic acids is 1. The molecule has 0 bridgehead atoms. The van der Waals surface area contributed by atoms with Crippen LogP contribution >= 0.6 is 0 Å². The van der Waals surface area contributed by atoms with Crippen LogP contribution in [-0.4, -0.2) is 11.7 Å². The quantitative estimate of drug-likeness (QED) is 0.778. The van der Waals surface area contributed by atoms with Gasteiger partial charge in [-0.15, -0.1) is 0 Å². The van der Waals surface area contributed by atoms with E-state index >= 15 is 0 Å². The van der Waals surface area contributed by atoms with Gasteiger partial charge in [0.15, 0.2) is 0 Å². The predicted molar refractivity (Wildman–Crippen MR) is 78.6 cm³/mol. The van der Waals surface area contributed by atoms with E-state index in [9.17, 15) is 4.79 Å². The van der Waals surface area contributed by atoms with Crippen LogP contribution in [0.3, 0.4) is 0 Å². The number of rotatable bonds is 2. The molecule has 0 spiro atoms. The highest BCUT2D eigenvalue weighted by molar-refractivity contribution is 5.65. The molecule has 3 heteroatoms. The molecule has 0 atom stereocenters. The molecule has 3 nitrogen and oxygen atoms in total. The first-order valence-corrected chi connectivity index (χ1v) is 7.19. The second kappa shape index (κ2) is 8.39. The first kappa shape index (κ1) is 17.3. The third-order valence-electron chi connectivity index (χ3n) is 2.94. The van der Waals surface area contributed by atoms with Gasteiger partial charge in [-0.3, -0.25) is 0 Å². The number of amides is 1. The van der Waals surface area contributed by atoms with Crippen LogP contribution in [0.15, 0.2) is 0 Å². The highest BCUT2D eigenvalue weighted by Gasteiger charge is 2.14. The molecular weight excluding hydrogens is 226 g/mol. The number of carbonyl (C=O) groups is 1. The van der Waals surface area contributed by atoms with Gasteiger partial charge in [-0.25, -0.2) is 4.79 Å². The van der Waals surface area contributed by atoms with E-state index in [1.165, 1.54) is 38.5 Å². The molecule has 1 rings (SSSR count).